The van der Waals surface area contributed by atoms with Gasteiger partial charge in [-0.05, 0) is 27.7 Å². The van der Waals surface area contributed by atoms with Crippen molar-refractivity contribution in [3.05, 3.63) is 11.9 Å². The highest BCUT2D eigenvalue weighted by molar-refractivity contribution is 5.98. The number of fused-ring (bicyclic) bond motifs is 2. The molecule has 0 aliphatic carbocycles. The van der Waals surface area contributed by atoms with Crippen LogP contribution in [0.1, 0.15) is 33.4 Å². The van der Waals surface area contributed by atoms with Crippen LogP contribution in [0, 0.1) is 11.8 Å². The minimum absolute atomic E-state index is 0.0211. The van der Waals surface area contributed by atoms with Crippen LogP contribution in [0.2, 0.25) is 0 Å². The Morgan fingerprint density at radius 1 is 1.31 bits per heavy atom. The number of nitrogens with zero attached hydrogens (tertiary/aromatic N) is 4. The Morgan fingerprint density at radius 2 is 2.08 bits per heavy atom. The molecule has 2 fully saturated rings. The SMILES string of the molecule is C[C@H]1Cn2ncc(N3CC4COCC4C3=O)c2CN1C(=O)OC(C)(C)C. The first-order chi connectivity index (χ1) is 12.2. The first kappa shape index (κ1) is 17.3. The summed E-state index contributed by atoms with van der Waals surface area (Å²) in [6.45, 7) is 10.3. The van der Waals surface area contributed by atoms with Crippen LogP contribution in [0.5, 0.6) is 0 Å². The number of amides is 2. The van der Waals surface area contributed by atoms with Gasteiger partial charge in [0, 0.05) is 12.5 Å². The van der Waals surface area contributed by atoms with Crippen LogP contribution in [0.25, 0.3) is 0 Å². The summed E-state index contributed by atoms with van der Waals surface area (Å²) in [5.74, 6) is 0.309. The van der Waals surface area contributed by atoms with E-state index >= 15 is 0 Å². The van der Waals surface area contributed by atoms with Crippen LogP contribution in [-0.4, -0.2) is 58.1 Å². The zero-order valence-electron chi connectivity index (χ0n) is 15.8. The highest BCUT2D eigenvalue weighted by Crippen LogP contribution is 2.36. The van der Waals surface area contributed by atoms with Crippen LogP contribution in [-0.2, 0) is 27.4 Å². The highest BCUT2D eigenvalue weighted by atomic mass is 16.6. The molecule has 1 aromatic rings. The zero-order chi connectivity index (χ0) is 18.6. The molecule has 1 aromatic heterocycles. The molecular weight excluding hydrogens is 336 g/mol. The van der Waals surface area contributed by atoms with Crippen LogP contribution in [0.15, 0.2) is 6.20 Å². The topological polar surface area (TPSA) is 76.9 Å². The molecule has 2 unspecified atom stereocenters. The average molecular weight is 362 g/mol. The Balaban J connectivity index is 1.58. The third kappa shape index (κ3) is 2.86. The molecule has 26 heavy (non-hydrogen) atoms. The molecule has 0 radical (unpaired) electrons. The fourth-order valence-electron chi connectivity index (χ4n) is 3.97. The first-order valence-electron chi connectivity index (χ1n) is 9.18. The van der Waals surface area contributed by atoms with E-state index in [0.29, 0.717) is 32.8 Å². The summed E-state index contributed by atoms with van der Waals surface area (Å²) in [5, 5.41) is 4.46. The zero-order valence-corrected chi connectivity index (χ0v) is 15.8. The second-order valence-corrected chi connectivity index (χ2v) is 8.47. The molecule has 8 heteroatoms. The van der Waals surface area contributed by atoms with Gasteiger partial charge in [-0.25, -0.2) is 4.79 Å². The molecule has 2 saturated heterocycles. The monoisotopic (exact) mass is 362 g/mol. The molecular formula is C18H26N4O4. The van der Waals surface area contributed by atoms with Crippen molar-refractivity contribution >= 4 is 17.7 Å². The van der Waals surface area contributed by atoms with Gasteiger partial charge in [0.25, 0.3) is 0 Å². The molecule has 8 nitrogen and oxygen atoms in total. The average Bonchev–Trinajstić information content (AvgIpc) is 3.21. The molecule has 142 valence electrons. The maximum atomic E-state index is 12.7. The molecule has 0 aromatic carbocycles. The summed E-state index contributed by atoms with van der Waals surface area (Å²) in [7, 11) is 0. The van der Waals surface area contributed by atoms with Crippen molar-refractivity contribution in [2.75, 3.05) is 24.7 Å². The number of rotatable bonds is 1. The highest BCUT2D eigenvalue weighted by Gasteiger charge is 2.46. The fourth-order valence-corrected chi connectivity index (χ4v) is 3.97. The lowest BCUT2D eigenvalue weighted by Crippen LogP contribution is -2.47. The Labute approximate surface area is 153 Å². The van der Waals surface area contributed by atoms with E-state index in [1.54, 1.807) is 11.1 Å². The summed E-state index contributed by atoms with van der Waals surface area (Å²) in [6.07, 6.45) is 1.42. The van der Waals surface area contributed by atoms with Crippen molar-refractivity contribution in [2.45, 2.75) is 52.4 Å². The molecule has 3 aliphatic rings. The van der Waals surface area contributed by atoms with Crippen molar-refractivity contribution in [3.8, 4) is 0 Å². The Morgan fingerprint density at radius 3 is 2.77 bits per heavy atom. The Bertz CT molecular complexity index is 738. The number of hydrogen-bond acceptors (Lipinski definition) is 5. The quantitative estimate of drug-likeness (QED) is 0.759. The Kier molecular flexibility index (Phi) is 3.98. The number of hydrogen-bond donors (Lipinski definition) is 0. The number of aromatic nitrogens is 2. The summed E-state index contributed by atoms with van der Waals surface area (Å²) in [6, 6.07) is -0.0211. The van der Waals surface area contributed by atoms with Crippen LogP contribution < -0.4 is 4.90 Å². The van der Waals surface area contributed by atoms with Gasteiger partial charge in [0.1, 0.15) is 5.60 Å². The molecule has 0 saturated carbocycles. The lowest BCUT2D eigenvalue weighted by Gasteiger charge is -2.36. The first-order valence-corrected chi connectivity index (χ1v) is 9.18. The van der Waals surface area contributed by atoms with Gasteiger partial charge in [0.2, 0.25) is 5.91 Å². The smallest absolute Gasteiger partial charge is 0.410 e. The van der Waals surface area contributed by atoms with Gasteiger partial charge in [0.15, 0.2) is 0 Å². The van der Waals surface area contributed by atoms with Crippen LogP contribution in [0.3, 0.4) is 0 Å². The maximum Gasteiger partial charge on any atom is 0.410 e. The van der Waals surface area contributed by atoms with Gasteiger partial charge in [-0.3, -0.25) is 14.4 Å². The van der Waals surface area contributed by atoms with Gasteiger partial charge < -0.3 is 14.4 Å². The predicted molar refractivity (Wildman–Crippen MR) is 93.6 cm³/mol. The van der Waals surface area contributed by atoms with Gasteiger partial charge in [-0.2, -0.15) is 5.10 Å². The molecule has 0 spiro atoms. The van der Waals surface area contributed by atoms with E-state index in [2.05, 4.69) is 5.10 Å². The molecule has 4 rings (SSSR count). The van der Waals surface area contributed by atoms with E-state index in [1.165, 1.54) is 0 Å². The van der Waals surface area contributed by atoms with Gasteiger partial charge >= 0.3 is 6.09 Å². The van der Waals surface area contributed by atoms with Crippen LogP contribution >= 0.6 is 0 Å². The van der Waals surface area contributed by atoms with E-state index in [4.69, 9.17) is 9.47 Å². The van der Waals surface area contributed by atoms with Crippen molar-refractivity contribution < 1.29 is 19.1 Å². The lowest BCUT2D eigenvalue weighted by atomic mass is 10.0. The van der Waals surface area contributed by atoms with Gasteiger partial charge in [-0.1, -0.05) is 0 Å². The second-order valence-electron chi connectivity index (χ2n) is 8.47. The Hall–Kier alpha value is -2.09. The number of ether oxygens (including phenoxy) is 2. The predicted octanol–water partition coefficient (Wildman–Crippen LogP) is 1.63. The summed E-state index contributed by atoms with van der Waals surface area (Å²) in [5.41, 5.74) is 1.16. The van der Waals surface area contributed by atoms with Crippen molar-refractivity contribution in [1.82, 2.24) is 14.7 Å². The largest absolute Gasteiger partial charge is 0.444 e. The summed E-state index contributed by atoms with van der Waals surface area (Å²) >= 11 is 0. The third-order valence-corrected chi connectivity index (χ3v) is 5.33. The van der Waals surface area contributed by atoms with E-state index in [1.807, 2.05) is 37.3 Å². The standard InChI is InChI=1S/C18H26N4O4/c1-11-6-22-15(8-20(11)17(24)26-18(2,3)4)14(5-19-22)21-7-12-9-25-10-13(12)16(21)23/h5,11-13H,6-10H2,1-4H3/t11-,12?,13?/m0/s1. The van der Waals surface area contributed by atoms with E-state index in [0.717, 1.165) is 11.4 Å². The third-order valence-electron chi connectivity index (χ3n) is 5.33. The molecule has 0 bridgehead atoms. The van der Waals surface area contributed by atoms with E-state index in [9.17, 15) is 9.59 Å². The molecule has 3 atom stereocenters. The fraction of sp³-hybridized carbons (Fsp3) is 0.722. The number of carbonyl (C=O) groups excluding carboxylic acids is 2. The van der Waals surface area contributed by atoms with Crippen molar-refractivity contribution in [1.29, 1.82) is 0 Å². The van der Waals surface area contributed by atoms with Crippen molar-refractivity contribution in [3.63, 3.8) is 0 Å². The van der Waals surface area contributed by atoms with Gasteiger partial charge in [0.05, 0.1) is 55.8 Å². The molecule has 3 aliphatic heterocycles. The van der Waals surface area contributed by atoms with Gasteiger partial charge in [-0.15, -0.1) is 0 Å². The number of anilines is 1. The summed E-state index contributed by atoms with van der Waals surface area (Å²) < 4.78 is 12.9. The lowest BCUT2D eigenvalue weighted by molar-refractivity contribution is -0.120. The number of carbonyl (C=O) groups is 2. The molecule has 0 N–H and O–H groups in total. The van der Waals surface area contributed by atoms with E-state index < -0.39 is 5.60 Å². The minimum atomic E-state index is -0.542. The minimum Gasteiger partial charge on any atom is -0.444 e. The van der Waals surface area contributed by atoms with Crippen LogP contribution in [0.4, 0.5) is 10.5 Å². The molecule has 4 heterocycles. The summed E-state index contributed by atoms with van der Waals surface area (Å²) in [4.78, 5) is 28.9. The van der Waals surface area contributed by atoms with Crippen molar-refractivity contribution in [2.24, 2.45) is 11.8 Å². The van der Waals surface area contributed by atoms with E-state index in [-0.39, 0.29) is 29.9 Å². The second kappa shape index (κ2) is 5.97. The molecule has 2 amide bonds. The maximum absolute atomic E-state index is 12.7. The normalized spacial score (nSPS) is 28.3.